The van der Waals surface area contributed by atoms with Gasteiger partial charge >= 0.3 is 6.09 Å². The fourth-order valence-electron chi connectivity index (χ4n) is 2.94. The molecular formula is C24H24N2O5S. The summed E-state index contributed by atoms with van der Waals surface area (Å²) in [7, 11) is 3.10. The summed E-state index contributed by atoms with van der Waals surface area (Å²) < 4.78 is 15.9. The Labute approximate surface area is 192 Å². The van der Waals surface area contributed by atoms with Crippen molar-refractivity contribution in [1.82, 2.24) is 5.32 Å². The fourth-order valence-corrected chi connectivity index (χ4v) is 3.15. The van der Waals surface area contributed by atoms with Gasteiger partial charge in [0.25, 0.3) is 5.91 Å². The van der Waals surface area contributed by atoms with Crippen LogP contribution in [0, 0.1) is 0 Å². The molecule has 0 fully saturated rings. The van der Waals surface area contributed by atoms with Crippen LogP contribution in [0.15, 0.2) is 66.7 Å². The number of ether oxygens (including phenoxy) is 3. The molecule has 0 aromatic heterocycles. The van der Waals surface area contributed by atoms with Gasteiger partial charge in [-0.15, -0.1) is 0 Å². The maximum Gasteiger partial charge on any atom is 0.412 e. The highest BCUT2D eigenvalue weighted by molar-refractivity contribution is 7.79. The van der Waals surface area contributed by atoms with Crippen molar-refractivity contribution in [3.8, 4) is 17.2 Å². The minimum atomic E-state index is -0.693. The highest BCUT2D eigenvalue weighted by Crippen LogP contribution is 2.25. The summed E-state index contributed by atoms with van der Waals surface area (Å²) in [6.45, 7) is 0.178. The van der Waals surface area contributed by atoms with Gasteiger partial charge in [-0.25, -0.2) is 4.79 Å². The first-order chi connectivity index (χ1) is 15.5. The van der Waals surface area contributed by atoms with E-state index in [9.17, 15) is 9.59 Å². The third kappa shape index (κ3) is 5.95. The number of benzene rings is 3. The minimum Gasteiger partial charge on any atom is -0.497 e. The first kappa shape index (κ1) is 23.0. The number of hydrogen-bond acceptors (Lipinski definition) is 6. The lowest BCUT2D eigenvalue weighted by atomic mass is 10.1. The molecule has 7 nitrogen and oxygen atoms in total. The average molecular weight is 453 g/mol. The normalized spacial score (nSPS) is 10.2. The molecular weight excluding hydrogens is 428 g/mol. The Morgan fingerprint density at radius 2 is 1.66 bits per heavy atom. The van der Waals surface area contributed by atoms with E-state index in [1.165, 1.54) is 7.11 Å². The Morgan fingerprint density at radius 1 is 0.906 bits per heavy atom. The van der Waals surface area contributed by atoms with Gasteiger partial charge in [0.1, 0.15) is 17.2 Å². The fraction of sp³-hybridized carbons (Fsp3) is 0.167. The van der Waals surface area contributed by atoms with Crippen LogP contribution in [0.2, 0.25) is 0 Å². The number of carbonyl (C=O) groups excluding carboxylic acids is 2. The Bertz CT molecular complexity index is 1090. The molecule has 0 saturated carbocycles. The SMILES string of the molecule is COc1ccc(CNC(=O)Oc2ccccc2C(=O)Nc2ccc(CS)cc2)c(OC)c1. The van der Waals surface area contributed by atoms with Gasteiger partial charge in [0.15, 0.2) is 0 Å². The highest BCUT2D eigenvalue weighted by Gasteiger charge is 2.16. The molecule has 3 aromatic rings. The number of thiol groups is 1. The summed E-state index contributed by atoms with van der Waals surface area (Å²) in [4.78, 5) is 25.1. The van der Waals surface area contributed by atoms with Crippen molar-refractivity contribution in [3.63, 3.8) is 0 Å². The van der Waals surface area contributed by atoms with Crippen LogP contribution in [0.25, 0.3) is 0 Å². The molecule has 0 unspecified atom stereocenters. The number of para-hydroxylation sites is 1. The summed E-state index contributed by atoms with van der Waals surface area (Å²) >= 11 is 4.22. The van der Waals surface area contributed by atoms with E-state index in [0.717, 1.165) is 11.1 Å². The molecule has 32 heavy (non-hydrogen) atoms. The van der Waals surface area contributed by atoms with Gasteiger partial charge in [-0.3, -0.25) is 4.79 Å². The van der Waals surface area contributed by atoms with Crippen LogP contribution < -0.4 is 24.8 Å². The summed E-state index contributed by atoms with van der Waals surface area (Å²) in [5.41, 5.74) is 2.66. The van der Waals surface area contributed by atoms with Crippen molar-refractivity contribution in [2.75, 3.05) is 19.5 Å². The van der Waals surface area contributed by atoms with E-state index in [4.69, 9.17) is 14.2 Å². The molecule has 0 aliphatic heterocycles. The second kappa shape index (κ2) is 11.1. The minimum absolute atomic E-state index is 0.149. The number of methoxy groups -OCH3 is 2. The van der Waals surface area contributed by atoms with Gasteiger partial charge in [-0.1, -0.05) is 24.3 Å². The molecule has 0 saturated heterocycles. The van der Waals surface area contributed by atoms with Gasteiger partial charge < -0.3 is 24.8 Å². The zero-order chi connectivity index (χ0) is 22.9. The van der Waals surface area contributed by atoms with Crippen molar-refractivity contribution < 1.29 is 23.8 Å². The second-order valence-corrected chi connectivity index (χ2v) is 7.04. The van der Waals surface area contributed by atoms with Crippen LogP contribution in [0.3, 0.4) is 0 Å². The molecule has 0 heterocycles. The van der Waals surface area contributed by atoms with Gasteiger partial charge in [0.2, 0.25) is 0 Å². The van der Waals surface area contributed by atoms with Crippen LogP contribution in [-0.2, 0) is 12.3 Å². The van der Waals surface area contributed by atoms with E-state index in [-0.39, 0.29) is 23.8 Å². The van der Waals surface area contributed by atoms with Gasteiger partial charge in [0, 0.05) is 29.6 Å². The zero-order valence-corrected chi connectivity index (χ0v) is 18.6. The predicted molar refractivity (Wildman–Crippen MR) is 126 cm³/mol. The van der Waals surface area contributed by atoms with Gasteiger partial charge in [0.05, 0.1) is 19.8 Å². The van der Waals surface area contributed by atoms with E-state index in [1.54, 1.807) is 61.7 Å². The number of rotatable bonds is 8. The van der Waals surface area contributed by atoms with Crippen LogP contribution >= 0.6 is 12.6 Å². The number of anilines is 1. The molecule has 2 N–H and O–H groups in total. The standard InChI is InChI=1S/C24H24N2O5S/c1-29-19-12-9-17(22(13-19)30-2)14-25-24(28)31-21-6-4-3-5-20(21)23(27)26-18-10-7-16(15-32)8-11-18/h3-13,32H,14-15H2,1-2H3,(H,25,28)(H,26,27). The molecule has 3 aromatic carbocycles. The molecule has 0 aliphatic rings. The molecule has 166 valence electrons. The molecule has 8 heteroatoms. The van der Waals surface area contributed by atoms with Crippen LogP contribution in [0.1, 0.15) is 21.5 Å². The molecule has 3 rings (SSSR count). The van der Waals surface area contributed by atoms with E-state index in [0.29, 0.717) is 22.9 Å². The van der Waals surface area contributed by atoms with Crippen molar-refractivity contribution in [2.45, 2.75) is 12.3 Å². The van der Waals surface area contributed by atoms with Crippen molar-refractivity contribution in [2.24, 2.45) is 0 Å². The Morgan fingerprint density at radius 3 is 2.34 bits per heavy atom. The Kier molecular flexibility index (Phi) is 7.99. The molecule has 0 bridgehead atoms. The lowest BCUT2D eigenvalue weighted by Gasteiger charge is -2.13. The van der Waals surface area contributed by atoms with Crippen molar-refractivity contribution in [3.05, 3.63) is 83.4 Å². The Hall–Kier alpha value is -3.65. The van der Waals surface area contributed by atoms with Crippen molar-refractivity contribution in [1.29, 1.82) is 0 Å². The first-order valence-electron chi connectivity index (χ1n) is 9.80. The molecule has 0 spiro atoms. The van der Waals surface area contributed by atoms with Gasteiger partial charge in [-0.05, 0) is 42.0 Å². The monoisotopic (exact) mass is 452 g/mol. The number of hydrogen-bond donors (Lipinski definition) is 3. The summed E-state index contributed by atoms with van der Waals surface area (Å²) in [5, 5.41) is 5.47. The summed E-state index contributed by atoms with van der Waals surface area (Å²) in [6.07, 6.45) is -0.693. The first-order valence-corrected chi connectivity index (χ1v) is 10.4. The maximum absolute atomic E-state index is 12.7. The zero-order valence-electron chi connectivity index (χ0n) is 17.8. The molecule has 2 amide bonds. The van der Waals surface area contributed by atoms with E-state index >= 15 is 0 Å². The lowest BCUT2D eigenvalue weighted by Crippen LogP contribution is -2.27. The summed E-state index contributed by atoms with van der Waals surface area (Å²) in [5.74, 6) is 1.60. The molecule has 0 aliphatic carbocycles. The van der Waals surface area contributed by atoms with E-state index in [1.807, 2.05) is 12.1 Å². The van der Waals surface area contributed by atoms with E-state index < -0.39 is 6.09 Å². The van der Waals surface area contributed by atoms with E-state index in [2.05, 4.69) is 23.3 Å². The van der Waals surface area contributed by atoms with Crippen LogP contribution in [0.4, 0.5) is 10.5 Å². The largest absolute Gasteiger partial charge is 0.497 e. The highest BCUT2D eigenvalue weighted by atomic mass is 32.1. The summed E-state index contributed by atoms with van der Waals surface area (Å²) in [6, 6.07) is 19.2. The smallest absolute Gasteiger partial charge is 0.412 e. The maximum atomic E-state index is 12.7. The topological polar surface area (TPSA) is 85.9 Å². The number of amides is 2. The number of carbonyl (C=O) groups is 2. The quantitative estimate of drug-likeness (QED) is 0.432. The van der Waals surface area contributed by atoms with Gasteiger partial charge in [-0.2, -0.15) is 12.6 Å². The molecule has 0 radical (unpaired) electrons. The van der Waals surface area contributed by atoms with Crippen LogP contribution in [-0.4, -0.2) is 26.2 Å². The number of nitrogens with one attached hydrogen (secondary N) is 2. The van der Waals surface area contributed by atoms with Crippen LogP contribution in [0.5, 0.6) is 17.2 Å². The second-order valence-electron chi connectivity index (χ2n) is 6.73. The lowest BCUT2D eigenvalue weighted by molar-refractivity contribution is 0.102. The third-order valence-electron chi connectivity index (χ3n) is 4.65. The predicted octanol–water partition coefficient (Wildman–Crippen LogP) is 4.67. The Balaban J connectivity index is 1.65. The molecule has 0 atom stereocenters. The third-order valence-corrected chi connectivity index (χ3v) is 5.01. The van der Waals surface area contributed by atoms with Crippen molar-refractivity contribution >= 4 is 30.3 Å². The average Bonchev–Trinajstić information content (AvgIpc) is 2.83.